The number of amides is 1. The summed E-state index contributed by atoms with van der Waals surface area (Å²) in [6.45, 7) is 0. The minimum atomic E-state index is -0.366. The van der Waals surface area contributed by atoms with Crippen molar-refractivity contribution in [2.24, 2.45) is 0 Å². The van der Waals surface area contributed by atoms with E-state index < -0.39 is 0 Å². The Morgan fingerprint density at radius 2 is 1.72 bits per heavy atom. The van der Waals surface area contributed by atoms with Gasteiger partial charge in [-0.15, -0.1) is 0 Å². The predicted molar refractivity (Wildman–Crippen MR) is 129 cm³/mol. The van der Waals surface area contributed by atoms with Gasteiger partial charge in [0, 0.05) is 20.7 Å². The molecule has 0 saturated heterocycles. The molecule has 0 saturated carbocycles. The van der Waals surface area contributed by atoms with Crippen LogP contribution in [-0.4, -0.2) is 10.9 Å². The molecular formula is C24H13BrCl2N2O3. The molecule has 3 aromatic carbocycles. The van der Waals surface area contributed by atoms with E-state index in [9.17, 15) is 4.79 Å². The van der Waals surface area contributed by atoms with Crippen LogP contribution in [0.1, 0.15) is 10.6 Å². The Hall–Kier alpha value is -3.06. The summed E-state index contributed by atoms with van der Waals surface area (Å²) in [5.74, 6) is 0.794. The number of benzene rings is 3. The van der Waals surface area contributed by atoms with Crippen LogP contribution in [0.4, 0.5) is 5.69 Å². The first kappa shape index (κ1) is 20.8. The number of fused-ring (bicyclic) bond motifs is 1. The molecule has 158 valence electrons. The number of hydrogen-bond donors (Lipinski definition) is 1. The third-order valence-electron chi connectivity index (χ3n) is 4.76. The van der Waals surface area contributed by atoms with Gasteiger partial charge in [0.1, 0.15) is 11.3 Å². The fourth-order valence-corrected chi connectivity index (χ4v) is 3.84. The minimum absolute atomic E-state index is 0.203. The molecule has 0 spiro atoms. The number of nitrogens with one attached hydrogen (secondary N) is 1. The van der Waals surface area contributed by atoms with E-state index in [2.05, 4.69) is 26.2 Å². The summed E-state index contributed by atoms with van der Waals surface area (Å²) in [6.07, 6.45) is 0. The van der Waals surface area contributed by atoms with Gasteiger partial charge in [0.15, 0.2) is 11.3 Å². The summed E-state index contributed by atoms with van der Waals surface area (Å²) >= 11 is 15.7. The first-order valence-electron chi connectivity index (χ1n) is 9.49. The van der Waals surface area contributed by atoms with E-state index in [1.165, 1.54) is 0 Å². The average molecular weight is 528 g/mol. The molecule has 5 aromatic rings. The van der Waals surface area contributed by atoms with Crippen molar-refractivity contribution in [3.05, 3.63) is 93.1 Å². The van der Waals surface area contributed by atoms with Crippen molar-refractivity contribution < 1.29 is 13.6 Å². The second-order valence-corrected chi connectivity index (χ2v) is 8.71. The topological polar surface area (TPSA) is 68.3 Å². The van der Waals surface area contributed by atoms with Crippen molar-refractivity contribution in [2.75, 3.05) is 5.32 Å². The molecule has 0 unspecified atom stereocenters. The highest BCUT2D eigenvalue weighted by Crippen LogP contribution is 2.33. The van der Waals surface area contributed by atoms with Crippen molar-refractivity contribution in [1.29, 1.82) is 0 Å². The van der Waals surface area contributed by atoms with E-state index >= 15 is 0 Å². The molecule has 8 heteroatoms. The molecular weight excluding hydrogens is 515 g/mol. The third-order valence-corrected chi connectivity index (χ3v) is 5.86. The normalized spacial score (nSPS) is 11.1. The Kier molecular flexibility index (Phi) is 5.51. The molecule has 0 aliphatic carbocycles. The van der Waals surface area contributed by atoms with E-state index in [4.69, 9.17) is 32.0 Å². The van der Waals surface area contributed by atoms with Gasteiger partial charge in [-0.1, -0.05) is 51.3 Å². The molecule has 1 amide bonds. The van der Waals surface area contributed by atoms with Crippen LogP contribution in [0.3, 0.4) is 0 Å². The summed E-state index contributed by atoms with van der Waals surface area (Å²) in [5, 5.41) is 3.83. The number of halogens is 3. The zero-order chi connectivity index (χ0) is 22.2. The number of rotatable bonds is 4. The Balaban J connectivity index is 1.38. The fourth-order valence-electron chi connectivity index (χ4n) is 3.20. The van der Waals surface area contributed by atoms with Gasteiger partial charge < -0.3 is 14.2 Å². The highest BCUT2D eigenvalue weighted by atomic mass is 79.9. The van der Waals surface area contributed by atoms with Crippen LogP contribution in [0.2, 0.25) is 10.0 Å². The molecule has 2 heterocycles. The maximum absolute atomic E-state index is 12.7. The number of oxazole rings is 1. The Morgan fingerprint density at radius 3 is 2.53 bits per heavy atom. The summed E-state index contributed by atoms with van der Waals surface area (Å²) in [7, 11) is 0. The smallest absolute Gasteiger partial charge is 0.291 e. The van der Waals surface area contributed by atoms with Gasteiger partial charge in [0.2, 0.25) is 5.89 Å². The summed E-state index contributed by atoms with van der Waals surface area (Å²) in [4.78, 5) is 17.2. The Morgan fingerprint density at radius 1 is 0.906 bits per heavy atom. The molecule has 0 aliphatic heterocycles. The van der Waals surface area contributed by atoms with Crippen molar-refractivity contribution >= 4 is 61.8 Å². The fraction of sp³-hybridized carbons (Fsp3) is 0. The average Bonchev–Trinajstić information content (AvgIpc) is 3.43. The van der Waals surface area contributed by atoms with Gasteiger partial charge >= 0.3 is 0 Å². The van der Waals surface area contributed by atoms with Gasteiger partial charge in [-0.05, 0) is 60.7 Å². The van der Waals surface area contributed by atoms with Gasteiger partial charge in [-0.25, -0.2) is 4.98 Å². The zero-order valence-electron chi connectivity index (χ0n) is 16.2. The van der Waals surface area contributed by atoms with Crippen molar-refractivity contribution in [1.82, 2.24) is 4.98 Å². The van der Waals surface area contributed by atoms with E-state index in [1.54, 1.807) is 48.5 Å². The molecule has 5 rings (SSSR count). The lowest BCUT2D eigenvalue weighted by Gasteiger charge is -2.03. The van der Waals surface area contributed by atoms with E-state index in [1.807, 2.05) is 24.3 Å². The standard InChI is InChI=1S/C24H13BrCl2N2O3/c25-14-3-1-13(2-4-14)20-9-10-22(31-20)23(30)28-16-6-8-21-19(12-16)29-24(32-21)17-11-15(26)5-7-18(17)27/h1-12H,(H,28,30). The largest absolute Gasteiger partial charge is 0.451 e. The van der Waals surface area contributed by atoms with Crippen LogP contribution in [0.15, 0.2) is 86.1 Å². The number of furan rings is 1. The molecule has 1 N–H and O–H groups in total. The summed E-state index contributed by atoms with van der Waals surface area (Å²) in [5.41, 5.74) is 3.16. The Labute approximate surface area is 201 Å². The minimum Gasteiger partial charge on any atom is -0.451 e. The van der Waals surface area contributed by atoms with Crippen molar-refractivity contribution in [3.63, 3.8) is 0 Å². The van der Waals surface area contributed by atoms with E-state index in [-0.39, 0.29) is 11.7 Å². The number of anilines is 1. The van der Waals surface area contributed by atoms with Gasteiger partial charge in [-0.2, -0.15) is 0 Å². The number of hydrogen-bond acceptors (Lipinski definition) is 4. The number of carbonyl (C=O) groups excluding carboxylic acids is 1. The molecule has 5 nitrogen and oxygen atoms in total. The van der Waals surface area contributed by atoms with E-state index in [0.29, 0.717) is 44.0 Å². The van der Waals surface area contributed by atoms with Gasteiger partial charge in [-0.3, -0.25) is 4.79 Å². The second kappa shape index (κ2) is 8.47. The predicted octanol–water partition coefficient (Wildman–Crippen LogP) is 8.08. The van der Waals surface area contributed by atoms with Crippen LogP contribution in [0, 0.1) is 0 Å². The van der Waals surface area contributed by atoms with E-state index in [0.717, 1.165) is 10.0 Å². The van der Waals surface area contributed by atoms with Crippen molar-refractivity contribution in [3.8, 4) is 22.8 Å². The molecule has 0 fully saturated rings. The maximum atomic E-state index is 12.7. The molecule has 0 atom stereocenters. The lowest BCUT2D eigenvalue weighted by Crippen LogP contribution is -2.10. The number of carbonyl (C=O) groups is 1. The first-order valence-corrected chi connectivity index (χ1v) is 11.0. The first-order chi connectivity index (χ1) is 15.5. The Bertz CT molecular complexity index is 1460. The van der Waals surface area contributed by atoms with Crippen molar-refractivity contribution in [2.45, 2.75) is 0 Å². The highest BCUT2D eigenvalue weighted by Gasteiger charge is 2.15. The molecule has 2 aromatic heterocycles. The monoisotopic (exact) mass is 526 g/mol. The van der Waals surface area contributed by atoms with Crippen LogP contribution in [0.5, 0.6) is 0 Å². The second-order valence-electron chi connectivity index (χ2n) is 6.95. The van der Waals surface area contributed by atoms with Gasteiger partial charge in [0.25, 0.3) is 5.91 Å². The molecule has 0 aliphatic rings. The summed E-state index contributed by atoms with van der Waals surface area (Å²) in [6, 6.07) is 21.3. The zero-order valence-corrected chi connectivity index (χ0v) is 19.3. The third kappa shape index (κ3) is 4.17. The van der Waals surface area contributed by atoms with Crippen LogP contribution in [0.25, 0.3) is 33.9 Å². The number of aromatic nitrogens is 1. The maximum Gasteiger partial charge on any atom is 0.291 e. The molecule has 0 radical (unpaired) electrons. The lowest BCUT2D eigenvalue weighted by molar-refractivity contribution is 0.0997. The highest BCUT2D eigenvalue weighted by molar-refractivity contribution is 9.10. The van der Waals surface area contributed by atoms with Crippen LogP contribution >= 0.6 is 39.1 Å². The van der Waals surface area contributed by atoms with Crippen LogP contribution in [-0.2, 0) is 0 Å². The van der Waals surface area contributed by atoms with Gasteiger partial charge in [0.05, 0.1) is 10.6 Å². The molecule has 32 heavy (non-hydrogen) atoms. The lowest BCUT2D eigenvalue weighted by atomic mass is 10.2. The van der Waals surface area contributed by atoms with Crippen LogP contribution < -0.4 is 5.32 Å². The number of nitrogens with zero attached hydrogens (tertiary/aromatic N) is 1. The SMILES string of the molecule is O=C(Nc1ccc2oc(-c3cc(Cl)ccc3Cl)nc2c1)c1ccc(-c2ccc(Br)cc2)o1. The quantitative estimate of drug-likeness (QED) is 0.256. The summed E-state index contributed by atoms with van der Waals surface area (Å²) < 4.78 is 12.5. The molecule has 0 bridgehead atoms.